The standard InChI is InChI=1S/C27H38N6O2/c1-27(2,3)33-17-15-32(16-18-33)14-13-28-26(34)31-24(19-20-9-11-21(35-4)12-10-20)25-29-22-7-5-6-8-23(22)30-25/h5-12,24H,13-19H2,1-4H3,(H,29,30)(H2,28,31,34)/t24-/m1/s1. The molecule has 4 rings (SSSR count). The number of carbonyl (C=O) groups is 1. The van der Waals surface area contributed by atoms with Gasteiger partial charge >= 0.3 is 6.03 Å². The summed E-state index contributed by atoms with van der Waals surface area (Å²) in [6.07, 6.45) is 0.617. The fourth-order valence-electron chi connectivity index (χ4n) is 4.53. The van der Waals surface area contributed by atoms with E-state index in [-0.39, 0.29) is 17.6 Å². The maximum Gasteiger partial charge on any atom is 0.315 e. The van der Waals surface area contributed by atoms with Crippen LogP contribution in [0, 0.1) is 0 Å². The summed E-state index contributed by atoms with van der Waals surface area (Å²) >= 11 is 0. The van der Waals surface area contributed by atoms with Crippen LogP contribution in [-0.4, -0.2) is 77.7 Å². The second-order valence-corrected chi connectivity index (χ2v) is 10.1. The number of H-pyrrole nitrogens is 1. The van der Waals surface area contributed by atoms with Crippen LogP contribution in [0.25, 0.3) is 11.0 Å². The molecule has 0 aliphatic carbocycles. The molecule has 2 aromatic carbocycles. The molecule has 0 saturated carbocycles. The molecule has 1 atom stereocenters. The van der Waals surface area contributed by atoms with Gasteiger partial charge in [0.1, 0.15) is 11.6 Å². The lowest BCUT2D eigenvalue weighted by atomic mass is 10.1. The Bertz CT molecular complexity index is 1060. The number of hydrogen-bond acceptors (Lipinski definition) is 5. The minimum atomic E-state index is -0.286. The van der Waals surface area contributed by atoms with Crippen LogP contribution in [0.5, 0.6) is 5.75 Å². The highest BCUT2D eigenvalue weighted by atomic mass is 16.5. The molecular formula is C27H38N6O2. The first kappa shape index (κ1) is 25.0. The van der Waals surface area contributed by atoms with Crippen LogP contribution in [-0.2, 0) is 6.42 Å². The summed E-state index contributed by atoms with van der Waals surface area (Å²) < 4.78 is 5.28. The zero-order valence-corrected chi connectivity index (χ0v) is 21.3. The molecule has 1 saturated heterocycles. The van der Waals surface area contributed by atoms with E-state index < -0.39 is 0 Å². The van der Waals surface area contributed by atoms with Gasteiger partial charge in [0.15, 0.2) is 0 Å². The fraction of sp³-hybridized carbons (Fsp3) is 0.481. The van der Waals surface area contributed by atoms with E-state index in [1.54, 1.807) is 7.11 Å². The summed E-state index contributed by atoms with van der Waals surface area (Å²) in [4.78, 5) is 25.9. The smallest absolute Gasteiger partial charge is 0.315 e. The highest BCUT2D eigenvalue weighted by molar-refractivity contribution is 5.76. The quantitative estimate of drug-likeness (QED) is 0.461. The van der Waals surface area contributed by atoms with Crippen molar-refractivity contribution in [2.45, 2.75) is 38.8 Å². The molecule has 2 heterocycles. The summed E-state index contributed by atoms with van der Waals surface area (Å²) in [5.41, 5.74) is 3.14. The van der Waals surface area contributed by atoms with Crippen molar-refractivity contribution in [3.8, 4) is 5.75 Å². The lowest BCUT2D eigenvalue weighted by molar-refractivity contribution is 0.0631. The van der Waals surface area contributed by atoms with Crippen LogP contribution in [0.2, 0.25) is 0 Å². The number of urea groups is 1. The topological polar surface area (TPSA) is 85.5 Å². The minimum absolute atomic E-state index is 0.183. The van der Waals surface area contributed by atoms with Crippen molar-refractivity contribution in [2.75, 3.05) is 46.4 Å². The molecule has 1 aromatic heterocycles. The number of aromatic amines is 1. The third kappa shape index (κ3) is 6.74. The van der Waals surface area contributed by atoms with Crippen molar-refractivity contribution in [2.24, 2.45) is 0 Å². The average Bonchev–Trinajstić information content (AvgIpc) is 3.28. The van der Waals surface area contributed by atoms with Crippen LogP contribution in [0.1, 0.15) is 38.2 Å². The van der Waals surface area contributed by atoms with Gasteiger partial charge in [-0.25, -0.2) is 9.78 Å². The van der Waals surface area contributed by atoms with E-state index in [4.69, 9.17) is 9.72 Å². The maximum atomic E-state index is 12.8. The first-order valence-corrected chi connectivity index (χ1v) is 12.4. The van der Waals surface area contributed by atoms with Crippen molar-refractivity contribution in [3.63, 3.8) is 0 Å². The Labute approximate surface area is 208 Å². The Balaban J connectivity index is 1.35. The fourth-order valence-corrected chi connectivity index (χ4v) is 4.53. The van der Waals surface area contributed by atoms with Gasteiger partial charge in [-0.15, -0.1) is 0 Å². The molecule has 8 nitrogen and oxygen atoms in total. The number of piperazine rings is 1. The van der Waals surface area contributed by atoms with E-state index in [1.807, 2.05) is 48.5 Å². The predicted octanol–water partition coefficient (Wildman–Crippen LogP) is 3.57. The molecule has 1 aliphatic rings. The number of aromatic nitrogens is 2. The molecule has 0 bridgehead atoms. The third-order valence-electron chi connectivity index (χ3n) is 6.68. The van der Waals surface area contributed by atoms with Crippen molar-refractivity contribution >= 4 is 17.1 Å². The molecule has 1 aliphatic heterocycles. The van der Waals surface area contributed by atoms with E-state index >= 15 is 0 Å². The lowest BCUT2D eigenvalue weighted by Gasteiger charge is -2.42. The summed E-state index contributed by atoms with van der Waals surface area (Å²) in [6.45, 7) is 12.4. The molecule has 1 fully saturated rings. The number of carbonyl (C=O) groups excluding carboxylic acids is 1. The summed E-state index contributed by atoms with van der Waals surface area (Å²) in [6, 6.07) is 15.3. The Morgan fingerprint density at radius 3 is 2.46 bits per heavy atom. The van der Waals surface area contributed by atoms with Gasteiger partial charge in [0.05, 0.1) is 24.2 Å². The summed E-state index contributed by atoms with van der Waals surface area (Å²) in [5, 5.41) is 6.18. The summed E-state index contributed by atoms with van der Waals surface area (Å²) in [7, 11) is 1.66. The zero-order chi connectivity index (χ0) is 24.8. The maximum absolute atomic E-state index is 12.8. The molecule has 8 heteroatoms. The average molecular weight is 479 g/mol. The number of nitrogens with one attached hydrogen (secondary N) is 3. The number of ether oxygens (including phenoxy) is 1. The number of amides is 2. The van der Waals surface area contributed by atoms with Crippen LogP contribution < -0.4 is 15.4 Å². The Morgan fingerprint density at radius 2 is 1.80 bits per heavy atom. The number of imidazole rings is 1. The summed E-state index contributed by atoms with van der Waals surface area (Å²) in [5.74, 6) is 1.55. The van der Waals surface area contributed by atoms with Gasteiger partial charge in [-0.2, -0.15) is 0 Å². The van der Waals surface area contributed by atoms with Crippen molar-refractivity contribution < 1.29 is 9.53 Å². The number of fused-ring (bicyclic) bond motifs is 1. The Hall–Kier alpha value is -3.10. The molecule has 0 spiro atoms. The Kier molecular flexibility index (Phi) is 7.93. The van der Waals surface area contributed by atoms with E-state index in [2.05, 4.69) is 46.2 Å². The predicted molar refractivity (Wildman–Crippen MR) is 140 cm³/mol. The largest absolute Gasteiger partial charge is 0.497 e. The number of para-hydroxylation sites is 2. The van der Waals surface area contributed by atoms with Gasteiger partial charge in [0, 0.05) is 44.8 Å². The van der Waals surface area contributed by atoms with Gasteiger partial charge in [-0.1, -0.05) is 24.3 Å². The molecule has 188 valence electrons. The number of nitrogens with zero attached hydrogens (tertiary/aromatic N) is 3. The second-order valence-electron chi connectivity index (χ2n) is 10.1. The molecule has 3 N–H and O–H groups in total. The number of methoxy groups -OCH3 is 1. The molecule has 35 heavy (non-hydrogen) atoms. The van der Waals surface area contributed by atoms with Crippen LogP contribution in [0.3, 0.4) is 0 Å². The normalized spacial score (nSPS) is 16.2. The van der Waals surface area contributed by atoms with Gasteiger partial charge in [0.25, 0.3) is 0 Å². The first-order valence-electron chi connectivity index (χ1n) is 12.4. The van der Waals surface area contributed by atoms with Crippen LogP contribution in [0.15, 0.2) is 48.5 Å². The molecule has 3 aromatic rings. The molecule has 0 unspecified atom stereocenters. The molecule has 0 radical (unpaired) electrons. The first-order chi connectivity index (χ1) is 16.8. The van der Waals surface area contributed by atoms with Crippen molar-refractivity contribution in [3.05, 3.63) is 59.9 Å². The second kappa shape index (κ2) is 11.1. The number of benzene rings is 2. The van der Waals surface area contributed by atoms with Gasteiger partial charge < -0.3 is 20.4 Å². The van der Waals surface area contributed by atoms with Gasteiger partial charge in [-0.05, 0) is 57.0 Å². The van der Waals surface area contributed by atoms with Crippen LogP contribution in [0.4, 0.5) is 4.79 Å². The van der Waals surface area contributed by atoms with E-state index in [1.165, 1.54) is 0 Å². The van der Waals surface area contributed by atoms with E-state index in [9.17, 15) is 4.79 Å². The van der Waals surface area contributed by atoms with E-state index in [0.717, 1.165) is 60.9 Å². The minimum Gasteiger partial charge on any atom is -0.497 e. The third-order valence-corrected chi connectivity index (χ3v) is 6.68. The lowest BCUT2D eigenvalue weighted by Crippen LogP contribution is -2.54. The highest BCUT2D eigenvalue weighted by Crippen LogP contribution is 2.21. The SMILES string of the molecule is COc1ccc(C[C@@H](NC(=O)NCCN2CCN(C(C)(C)C)CC2)c2nc3ccccc3[nH]2)cc1. The molecule has 2 amide bonds. The van der Waals surface area contributed by atoms with Crippen molar-refractivity contribution in [1.82, 2.24) is 30.4 Å². The zero-order valence-electron chi connectivity index (χ0n) is 21.3. The monoisotopic (exact) mass is 478 g/mol. The Morgan fingerprint density at radius 1 is 1.09 bits per heavy atom. The highest BCUT2D eigenvalue weighted by Gasteiger charge is 2.25. The van der Waals surface area contributed by atoms with Crippen molar-refractivity contribution in [1.29, 1.82) is 0 Å². The van der Waals surface area contributed by atoms with E-state index in [0.29, 0.717) is 13.0 Å². The van der Waals surface area contributed by atoms with Gasteiger partial charge in [-0.3, -0.25) is 9.80 Å². The van der Waals surface area contributed by atoms with Crippen LogP contribution >= 0.6 is 0 Å². The molecular weight excluding hydrogens is 440 g/mol. The number of rotatable bonds is 8. The number of hydrogen-bond donors (Lipinski definition) is 3. The van der Waals surface area contributed by atoms with Gasteiger partial charge in [0.2, 0.25) is 0 Å².